The van der Waals surface area contributed by atoms with Crippen molar-refractivity contribution in [2.45, 2.75) is 12.6 Å². The van der Waals surface area contributed by atoms with Gasteiger partial charge in [0.2, 0.25) is 0 Å². The third-order valence-electron chi connectivity index (χ3n) is 4.26. The molecule has 0 spiro atoms. The zero-order chi connectivity index (χ0) is 20.9. The van der Waals surface area contributed by atoms with Gasteiger partial charge in [0.1, 0.15) is 17.3 Å². The number of fused-ring (bicyclic) bond motifs is 1. The van der Waals surface area contributed by atoms with Crippen LogP contribution in [0.4, 0.5) is 18.9 Å². The highest BCUT2D eigenvalue weighted by Gasteiger charge is 2.38. The lowest BCUT2D eigenvalue weighted by molar-refractivity contribution is -0.192. The highest BCUT2D eigenvalue weighted by Crippen LogP contribution is 2.37. The summed E-state index contributed by atoms with van der Waals surface area (Å²) in [4.78, 5) is 15.5. The van der Waals surface area contributed by atoms with Crippen molar-refractivity contribution in [1.29, 1.82) is 5.26 Å². The van der Waals surface area contributed by atoms with E-state index < -0.39 is 12.1 Å². The van der Waals surface area contributed by atoms with Crippen molar-refractivity contribution >= 4 is 22.6 Å². The monoisotopic (exact) mass is 396 g/mol. The molecule has 28 heavy (non-hydrogen) atoms. The molecule has 1 saturated heterocycles. The molecule has 150 valence electrons. The van der Waals surface area contributed by atoms with Crippen LogP contribution in [0.1, 0.15) is 12.0 Å². The minimum Gasteiger partial charge on any atom is -0.494 e. The first kappa shape index (κ1) is 21.2. The van der Waals surface area contributed by atoms with Crippen molar-refractivity contribution in [3.8, 4) is 11.8 Å². The van der Waals surface area contributed by atoms with Gasteiger partial charge in [-0.3, -0.25) is 4.98 Å². The second-order valence-corrected chi connectivity index (χ2v) is 6.14. The van der Waals surface area contributed by atoms with Gasteiger partial charge in [0.25, 0.3) is 0 Å². The molecule has 0 aliphatic carbocycles. The molecule has 0 bridgehead atoms. The molecule has 0 unspecified atom stereocenters. The molecule has 1 aromatic carbocycles. The molecule has 1 aliphatic heterocycles. The number of hydrogen-bond donors (Lipinski definition) is 2. The molecular weight excluding hydrogens is 377 g/mol. The van der Waals surface area contributed by atoms with Crippen molar-refractivity contribution < 1.29 is 27.8 Å². The zero-order valence-corrected chi connectivity index (χ0v) is 15.0. The number of nitriles is 1. The first-order chi connectivity index (χ1) is 13.2. The zero-order valence-electron chi connectivity index (χ0n) is 15.0. The Bertz CT molecular complexity index is 890. The maximum Gasteiger partial charge on any atom is 0.490 e. The largest absolute Gasteiger partial charge is 0.494 e. The highest BCUT2D eigenvalue weighted by atomic mass is 19.4. The van der Waals surface area contributed by atoms with E-state index in [0.29, 0.717) is 18.0 Å². The van der Waals surface area contributed by atoms with E-state index in [1.165, 1.54) is 0 Å². The van der Waals surface area contributed by atoms with Gasteiger partial charge in [0, 0.05) is 24.7 Å². The second-order valence-electron chi connectivity index (χ2n) is 6.14. The van der Waals surface area contributed by atoms with Crippen LogP contribution in [0.15, 0.2) is 24.4 Å². The third kappa shape index (κ3) is 4.61. The van der Waals surface area contributed by atoms with Crippen LogP contribution in [0, 0.1) is 17.2 Å². The number of aliphatic carboxylic acids is 1. The molecule has 1 aliphatic rings. The number of alkyl halides is 3. The maximum absolute atomic E-state index is 10.6. The van der Waals surface area contributed by atoms with E-state index in [-0.39, 0.29) is 0 Å². The van der Waals surface area contributed by atoms with Crippen LogP contribution < -0.4 is 15.4 Å². The number of hydrogen-bond acceptors (Lipinski definition) is 6. The lowest BCUT2D eigenvalue weighted by atomic mass is 9.94. The number of nitrogens with zero attached hydrogens (tertiary/aromatic N) is 3. The van der Waals surface area contributed by atoms with Gasteiger partial charge in [-0.05, 0) is 24.9 Å². The van der Waals surface area contributed by atoms with E-state index in [1.54, 1.807) is 13.3 Å². The number of carbonyl (C=O) groups is 1. The van der Waals surface area contributed by atoms with Crippen LogP contribution in [0.3, 0.4) is 0 Å². The average Bonchev–Trinajstić information content (AvgIpc) is 2.62. The SMILES string of the molecule is COc1cccc2c(N3CC(CCN)C3)c(C#N)cnc12.O=C(O)C(F)(F)F. The van der Waals surface area contributed by atoms with Gasteiger partial charge in [-0.2, -0.15) is 18.4 Å². The van der Waals surface area contributed by atoms with E-state index in [1.807, 2.05) is 18.2 Å². The number of para-hydroxylation sites is 1. The molecule has 0 atom stereocenters. The van der Waals surface area contributed by atoms with Crippen LogP contribution in [-0.2, 0) is 4.79 Å². The predicted molar refractivity (Wildman–Crippen MR) is 96.1 cm³/mol. The predicted octanol–water partition coefficient (Wildman–Crippen LogP) is 2.53. The van der Waals surface area contributed by atoms with Crippen LogP contribution >= 0.6 is 0 Å². The number of carboxylic acids is 1. The van der Waals surface area contributed by atoms with E-state index >= 15 is 0 Å². The van der Waals surface area contributed by atoms with E-state index in [9.17, 15) is 18.4 Å². The van der Waals surface area contributed by atoms with Gasteiger partial charge < -0.3 is 20.5 Å². The van der Waals surface area contributed by atoms with Crippen LogP contribution in [0.5, 0.6) is 5.75 Å². The number of carboxylic acid groups (broad SMARTS) is 1. The highest BCUT2D eigenvalue weighted by molar-refractivity contribution is 5.97. The summed E-state index contributed by atoms with van der Waals surface area (Å²) in [5.41, 5.74) is 7.99. The maximum atomic E-state index is 10.6. The number of halogens is 3. The van der Waals surface area contributed by atoms with Crippen LogP contribution in [-0.4, -0.2) is 49.0 Å². The summed E-state index contributed by atoms with van der Waals surface area (Å²) in [7, 11) is 1.63. The Kier molecular flexibility index (Phi) is 6.64. The van der Waals surface area contributed by atoms with Gasteiger partial charge in [0.15, 0.2) is 0 Å². The molecule has 7 nitrogen and oxygen atoms in total. The Labute approximate surface area is 159 Å². The summed E-state index contributed by atoms with van der Waals surface area (Å²) in [6, 6.07) is 8.07. The van der Waals surface area contributed by atoms with Crippen LogP contribution in [0.2, 0.25) is 0 Å². The number of anilines is 1. The summed E-state index contributed by atoms with van der Waals surface area (Å²) in [6.45, 7) is 2.61. The number of ether oxygens (including phenoxy) is 1. The van der Waals surface area contributed by atoms with E-state index in [4.69, 9.17) is 20.4 Å². The molecule has 10 heteroatoms. The summed E-state index contributed by atoms with van der Waals surface area (Å²) in [6.07, 6.45) is -2.42. The molecule has 2 heterocycles. The lowest BCUT2D eigenvalue weighted by Gasteiger charge is -2.42. The summed E-state index contributed by atoms with van der Waals surface area (Å²) in [5, 5.41) is 17.5. The van der Waals surface area contributed by atoms with Gasteiger partial charge in [-0.25, -0.2) is 4.79 Å². The quantitative estimate of drug-likeness (QED) is 0.817. The Hall–Kier alpha value is -3.06. The topological polar surface area (TPSA) is 112 Å². The number of nitrogens with two attached hydrogens (primary N) is 1. The Morgan fingerprint density at radius 1 is 1.46 bits per heavy atom. The summed E-state index contributed by atoms with van der Waals surface area (Å²) < 4.78 is 37.1. The van der Waals surface area contributed by atoms with Crippen molar-refractivity contribution in [2.24, 2.45) is 11.7 Å². The molecule has 0 radical (unpaired) electrons. The molecule has 0 amide bonds. The number of methoxy groups -OCH3 is 1. The van der Waals surface area contributed by atoms with Crippen LogP contribution in [0.25, 0.3) is 10.9 Å². The summed E-state index contributed by atoms with van der Waals surface area (Å²) in [5.74, 6) is -1.40. The molecule has 0 saturated carbocycles. The van der Waals surface area contributed by atoms with Crippen molar-refractivity contribution in [3.63, 3.8) is 0 Å². The number of aromatic nitrogens is 1. The van der Waals surface area contributed by atoms with Gasteiger partial charge in [0.05, 0.1) is 18.4 Å². The molecule has 1 aromatic heterocycles. The molecule has 3 N–H and O–H groups in total. The fraction of sp³-hybridized carbons (Fsp3) is 0.389. The van der Waals surface area contributed by atoms with E-state index in [2.05, 4.69) is 16.0 Å². The third-order valence-corrected chi connectivity index (χ3v) is 4.26. The Morgan fingerprint density at radius 3 is 2.61 bits per heavy atom. The van der Waals surface area contributed by atoms with Crippen molar-refractivity contribution in [2.75, 3.05) is 31.6 Å². The van der Waals surface area contributed by atoms with Crippen molar-refractivity contribution in [1.82, 2.24) is 4.98 Å². The molecular formula is C18H19F3N4O3. The lowest BCUT2D eigenvalue weighted by Crippen LogP contribution is -2.47. The molecule has 3 rings (SSSR count). The first-order valence-corrected chi connectivity index (χ1v) is 8.33. The first-order valence-electron chi connectivity index (χ1n) is 8.33. The van der Waals surface area contributed by atoms with Crippen molar-refractivity contribution in [3.05, 3.63) is 30.0 Å². The fourth-order valence-electron chi connectivity index (χ4n) is 2.94. The summed E-state index contributed by atoms with van der Waals surface area (Å²) >= 11 is 0. The van der Waals surface area contributed by atoms with Gasteiger partial charge in [-0.15, -0.1) is 0 Å². The second kappa shape index (κ2) is 8.75. The average molecular weight is 396 g/mol. The Morgan fingerprint density at radius 2 is 2.11 bits per heavy atom. The van der Waals surface area contributed by atoms with E-state index in [0.717, 1.165) is 41.9 Å². The molecule has 1 fully saturated rings. The number of rotatable bonds is 4. The minimum absolute atomic E-state index is 0.613. The number of pyridine rings is 1. The number of benzene rings is 1. The fourth-order valence-corrected chi connectivity index (χ4v) is 2.94. The Balaban J connectivity index is 0.000000345. The minimum atomic E-state index is -5.08. The van der Waals surface area contributed by atoms with Gasteiger partial charge >= 0.3 is 12.1 Å². The smallest absolute Gasteiger partial charge is 0.490 e. The normalized spacial score (nSPS) is 13.9. The molecule has 2 aromatic rings. The van der Waals surface area contributed by atoms with Gasteiger partial charge in [-0.1, -0.05) is 12.1 Å². The standard InChI is InChI=1S/C16H18N4O.C2HF3O2/c1-21-14-4-2-3-13-15(14)19-8-12(7-18)16(13)20-9-11(10-20)5-6-17;3-2(4,5)1(6)7/h2-4,8,11H,5-6,9-10,17H2,1H3;(H,6,7).